The molecule has 1 amide bonds. The molecule has 1 aliphatic rings. The zero-order valence-electron chi connectivity index (χ0n) is 18.5. The van der Waals surface area contributed by atoms with Gasteiger partial charge >= 0.3 is 0 Å². The number of rotatable bonds is 4. The van der Waals surface area contributed by atoms with Gasteiger partial charge in [0, 0.05) is 29.9 Å². The number of anilines is 2. The molecule has 0 radical (unpaired) electrons. The Labute approximate surface area is 185 Å². The van der Waals surface area contributed by atoms with Gasteiger partial charge in [0.15, 0.2) is 5.82 Å². The van der Waals surface area contributed by atoms with E-state index in [1.54, 1.807) is 12.1 Å². The Bertz CT molecular complexity index is 1260. The number of hydrogen-bond acceptors (Lipinski definition) is 4. The lowest BCUT2D eigenvalue weighted by atomic mass is 10.0. The number of carbonyl (C=O) groups excluding carboxylic acids is 1. The van der Waals surface area contributed by atoms with E-state index in [1.807, 2.05) is 25.1 Å². The van der Waals surface area contributed by atoms with E-state index < -0.39 is 0 Å². The van der Waals surface area contributed by atoms with Crippen LogP contribution in [0.3, 0.4) is 0 Å². The summed E-state index contributed by atoms with van der Waals surface area (Å²) in [5.41, 5.74) is 3.27. The van der Waals surface area contributed by atoms with Gasteiger partial charge in [-0.1, -0.05) is 12.1 Å². The van der Waals surface area contributed by atoms with Crippen LogP contribution in [0.15, 0.2) is 36.4 Å². The van der Waals surface area contributed by atoms with Crippen LogP contribution in [0, 0.1) is 12.7 Å². The molecule has 0 spiro atoms. The SMILES string of the molecule is Cc1ccc(F)c2cc(C(=O)Nc3cccc4c(N5CCC(N(C)C)CC5)n[nH]c34)[nH]c12. The summed E-state index contributed by atoms with van der Waals surface area (Å²) in [6, 6.07) is 11.0. The molecule has 8 heteroatoms. The van der Waals surface area contributed by atoms with E-state index in [0.717, 1.165) is 48.2 Å². The van der Waals surface area contributed by atoms with Crippen molar-refractivity contribution in [2.24, 2.45) is 0 Å². The maximum Gasteiger partial charge on any atom is 0.272 e. The van der Waals surface area contributed by atoms with Crippen molar-refractivity contribution in [3.8, 4) is 0 Å². The minimum atomic E-state index is -0.348. The number of aromatic amines is 2. The van der Waals surface area contributed by atoms with Crippen molar-refractivity contribution in [3.63, 3.8) is 0 Å². The van der Waals surface area contributed by atoms with Crippen LogP contribution in [0.4, 0.5) is 15.9 Å². The van der Waals surface area contributed by atoms with Crippen LogP contribution in [0.5, 0.6) is 0 Å². The average molecular weight is 435 g/mol. The third-order valence-corrected chi connectivity index (χ3v) is 6.52. The zero-order chi connectivity index (χ0) is 22.4. The predicted octanol–water partition coefficient (Wildman–Crippen LogP) is 4.27. The second kappa shape index (κ2) is 7.94. The van der Waals surface area contributed by atoms with Crippen molar-refractivity contribution in [2.75, 3.05) is 37.4 Å². The molecule has 1 saturated heterocycles. The number of hydrogen-bond donors (Lipinski definition) is 3. The Kier molecular flexibility index (Phi) is 5.09. The Balaban J connectivity index is 1.40. The highest BCUT2D eigenvalue weighted by atomic mass is 19.1. The second-order valence-corrected chi connectivity index (χ2v) is 8.75. The summed E-state index contributed by atoms with van der Waals surface area (Å²) in [7, 11) is 4.25. The fourth-order valence-electron chi connectivity index (χ4n) is 4.60. The number of halogens is 1. The normalized spacial score (nSPS) is 15.2. The van der Waals surface area contributed by atoms with Gasteiger partial charge in [-0.3, -0.25) is 9.89 Å². The van der Waals surface area contributed by atoms with Gasteiger partial charge in [-0.05, 0) is 63.7 Å². The summed E-state index contributed by atoms with van der Waals surface area (Å²) in [6.07, 6.45) is 2.18. The molecule has 3 N–H and O–H groups in total. The number of carbonyl (C=O) groups is 1. The van der Waals surface area contributed by atoms with Crippen LogP contribution < -0.4 is 10.2 Å². The molecule has 3 heterocycles. The molecule has 7 nitrogen and oxygen atoms in total. The van der Waals surface area contributed by atoms with E-state index >= 15 is 0 Å². The smallest absolute Gasteiger partial charge is 0.272 e. The fourth-order valence-corrected chi connectivity index (χ4v) is 4.60. The Morgan fingerprint density at radius 2 is 1.94 bits per heavy atom. The van der Waals surface area contributed by atoms with Crippen LogP contribution in [0.2, 0.25) is 0 Å². The number of piperidine rings is 1. The standard InChI is InChI=1S/C24H27FN6O/c1-14-7-8-18(25)17-13-20(26-21(14)17)24(32)27-19-6-4-5-16-22(19)28-29-23(16)31-11-9-15(10-12-31)30(2)3/h4-8,13,15,26H,9-12H2,1-3H3,(H,27,32)(H,28,29). The largest absolute Gasteiger partial charge is 0.355 e. The van der Waals surface area contributed by atoms with Crippen molar-refractivity contribution >= 4 is 39.2 Å². The molecule has 166 valence electrons. The first kappa shape index (κ1) is 20.5. The van der Waals surface area contributed by atoms with E-state index in [1.165, 1.54) is 6.07 Å². The molecular formula is C24H27FN6O. The number of H-pyrrole nitrogens is 2. The van der Waals surface area contributed by atoms with E-state index in [9.17, 15) is 9.18 Å². The first-order valence-electron chi connectivity index (χ1n) is 10.9. The summed E-state index contributed by atoms with van der Waals surface area (Å²) in [5.74, 6) is 0.242. The second-order valence-electron chi connectivity index (χ2n) is 8.75. The summed E-state index contributed by atoms with van der Waals surface area (Å²) < 4.78 is 14.2. The molecule has 0 atom stereocenters. The zero-order valence-corrected chi connectivity index (χ0v) is 18.5. The van der Waals surface area contributed by atoms with E-state index in [2.05, 4.69) is 44.4 Å². The van der Waals surface area contributed by atoms with Crippen LogP contribution in [-0.4, -0.2) is 59.2 Å². The topological polar surface area (TPSA) is 80.1 Å². The van der Waals surface area contributed by atoms with Crippen molar-refractivity contribution in [3.05, 3.63) is 53.5 Å². The van der Waals surface area contributed by atoms with Gasteiger partial charge in [-0.15, -0.1) is 0 Å². The Morgan fingerprint density at radius 3 is 2.66 bits per heavy atom. The van der Waals surface area contributed by atoms with Gasteiger partial charge < -0.3 is 20.1 Å². The highest BCUT2D eigenvalue weighted by Gasteiger charge is 2.24. The fraction of sp³-hybridized carbons (Fsp3) is 0.333. The van der Waals surface area contributed by atoms with Crippen LogP contribution in [0.25, 0.3) is 21.8 Å². The maximum absolute atomic E-state index is 14.2. The molecule has 1 fully saturated rings. The number of aryl methyl sites for hydroxylation is 1. The van der Waals surface area contributed by atoms with Crippen LogP contribution in [0.1, 0.15) is 28.9 Å². The summed E-state index contributed by atoms with van der Waals surface area (Å²) >= 11 is 0. The molecule has 0 aliphatic carbocycles. The Hall–Kier alpha value is -3.39. The number of para-hydroxylation sites is 1. The number of nitrogens with zero attached hydrogens (tertiary/aromatic N) is 3. The number of fused-ring (bicyclic) bond motifs is 2. The van der Waals surface area contributed by atoms with Gasteiger partial charge in [-0.25, -0.2) is 4.39 Å². The third-order valence-electron chi connectivity index (χ3n) is 6.52. The van der Waals surface area contributed by atoms with Crippen molar-refractivity contribution in [1.82, 2.24) is 20.1 Å². The summed E-state index contributed by atoms with van der Waals surface area (Å²) in [5, 5.41) is 12.0. The molecule has 5 rings (SSSR count). The summed E-state index contributed by atoms with van der Waals surface area (Å²) in [6.45, 7) is 3.77. The van der Waals surface area contributed by atoms with Crippen LogP contribution in [-0.2, 0) is 0 Å². The first-order valence-corrected chi connectivity index (χ1v) is 10.9. The molecule has 0 bridgehead atoms. The maximum atomic E-state index is 14.2. The van der Waals surface area contributed by atoms with Crippen molar-refractivity contribution in [2.45, 2.75) is 25.8 Å². The molecular weight excluding hydrogens is 407 g/mol. The van der Waals surface area contributed by atoms with Gasteiger partial charge in [0.2, 0.25) is 0 Å². The molecule has 32 heavy (non-hydrogen) atoms. The number of benzene rings is 2. The van der Waals surface area contributed by atoms with Gasteiger partial charge in [0.05, 0.1) is 16.7 Å². The molecule has 0 unspecified atom stereocenters. The minimum Gasteiger partial charge on any atom is -0.355 e. The van der Waals surface area contributed by atoms with Gasteiger partial charge in [-0.2, -0.15) is 5.10 Å². The van der Waals surface area contributed by atoms with Gasteiger partial charge in [0.1, 0.15) is 11.5 Å². The Morgan fingerprint density at radius 1 is 1.16 bits per heavy atom. The average Bonchev–Trinajstić information content (AvgIpc) is 3.43. The van der Waals surface area contributed by atoms with Crippen molar-refractivity contribution < 1.29 is 9.18 Å². The van der Waals surface area contributed by atoms with E-state index in [0.29, 0.717) is 28.3 Å². The minimum absolute atomic E-state index is 0.315. The molecule has 4 aromatic rings. The number of aromatic nitrogens is 3. The predicted molar refractivity (Wildman–Crippen MR) is 126 cm³/mol. The lowest BCUT2D eigenvalue weighted by Crippen LogP contribution is -2.42. The molecule has 2 aromatic heterocycles. The monoisotopic (exact) mass is 434 g/mol. The lowest BCUT2D eigenvalue weighted by Gasteiger charge is -2.35. The third kappa shape index (κ3) is 3.50. The summed E-state index contributed by atoms with van der Waals surface area (Å²) in [4.78, 5) is 20.6. The molecule has 1 aliphatic heterocycles. The van der Waals surface area contributed by atoms with Crippen LogP contribution >= 0.6 is 0 Å². The number of nitrogens with one attached hydrogen (secondary N) is 3. The molecule has 2 aromatic carbocycles. The number of amides is 1. The molecule has 0 saturated carbocycles. The lowest BCUT2D eigenvalue weighted by molar-refractivity contribution is 0.102. The van der Waals surface area contributed by atoms with Crippen molar-refractivity contribution in [1.29, 1.82) is 0 Å². The quantitative estimate of drug-likeness (QED) is 0.448. The first-order chi connectivity index (χ1) is 15.4. The highest BCUT2D eigenvalue weighted by Crippen LogP contribution is 2.31. The highest BCUT2D eigenvalue weighted by molar-refractivity contribution is 6.10. The van der Waals surface area contributed by atoms with Gasteiger partial charge in [0.25, 0.3) is 5.91 Å². The van der Waals surface area contributed by atoms with E-state index in [4.69, 9.17) is 0 Å². The van der Waals surface area contributed by atoms with E-state index in [-0.39, 0.29) is 11.7 Å².